The highest BCUT2D eigenvalue weighted by molar-refractivity contribution is 8.26. The molecule has 1 amide bonds. The fraction of sp³-hybridized carbons (Fsp3) is 0.462. The van der Waals surface area contributed by atoms with Gasteiger partial charge in [0.1, 0.15) is 12.7 Å². The zero-order valence-electron chi connectivity index (χ0n) is 23.1. The first-order chi connectivity index (χ1) is 19.4. The van der Waals surface area contributed by atoms with Crippen molar-refractivity contribution in [2.24, 2.45) is 0 Å². The van der Waals surface area contributed by atoms with E-state index in [4.69, 9.17) is 45.4 Å². The molecule has 3 rings (SSSR count). The van der Waals surface area contributed by atoms with E-state index in [1.165, 1.54) is 14.2 Å². The van der Waals surface area contributed by atoms with Gasteiger partial charge in [0.25, 0.3) is 5.91 Å². The molecule has 222 valence electrons. The number of ether oxygens (including phenoxy) is 7. The Kier molecular flexibility index (Phi) is 10.7. The van der Waals surface area contributed by atoms with E-state index in [-0.39, 0.29) is 9.23 Å². The van der Waals surface area contributed by atoms with E-state index in [9.17, 15) is 24.0 Å². The smallest absolute Gasteiger partial charge is 0.303 e. The Morgan fingerprint density at radius 3 is 2.05 bits per heavy atom. The highest BCUT2D eigenvalue weighted by Gasteiger charge is 2.56. The van der Waals surface area contributed by atoms with Crippen molar-refractivity contribution in [1.82, 2.24) is 4.90 Å². The molecule has 0 spiro atoms. The number of amides is 1. The maximum Gasteiger partial charge on any atom is 0.303 e. The molecule has 5 atom stereocenters. The molecule has 0 aliphatic carbocycles. The van der Waals surface area contributed by atoms with E-state index in [0.717, 1.165) is 44.4 Å². The minimum absolute atomic E-state index is 0.0441. The molecule has 0 radical (unpaired) electrons. The maximum absolute atomic E-state index is 13.7. The van der Waals surface area contributed by atoms with Crippen molar-refractivity contribution in [3.8, 4) is 11.5 Å². The molecule has 2 aliphatic heterocycles. The summed E-state index contributed by atoms with van der Waals surface area (Å²) in [5.41, 5.74) is 0.602. The van der Waals surface area contributed by atoms with Crippen LogP contribution in [0.15, 0.2) is 23.1 Å². The molecule has 13 nitrogen and oxygen atoms in total. The van der Waals surface area contributed by atoms with Gasteiger partial charge < -0.3 is 33.2 Å². The van der Waals surface area contributed by atoms with Crippen LogP contribution in [0.3, 0.4) is 0 Å². The standard InChI is InChI=1S/C26H29NO12S2/c1-12(28)35-11-19-21(36-13(2)29)22(37-14(3)30)23(38-15(4)31)25(39-19)27-24(32)20(41-26(27)40)10-16-7-8-17(33-5)18(9-16)34-6/h7-10,19,21-23,25H,11H2,1-6H3/b20-10+/t19-,21-,22-,23-,25+/m0/s1. The van der Waals surface area contributed by atoms with Crippen molar-refractivity contribution < 1.29 is 57.1 Å². The fourth-order valence-corrected chi connectivity index (χ4v) is 5.52. The summed E-state index contributed by atoms with van der Waals surface area (Å²) in [5, 5.41) is 0. The number of thioether (sulfide) groups is 1. The minimum Gasteiger partial charge on any atom is -0.493 e. The van der Waals surface area contributed by atoms with Gasteiger partial charge >= 0.3 is 23.9 Å². The van der Waals surface area contributed by atoms with Gasteiger partial charge in [-0.25, -0.2) is 0 Å². The highest BCUT2D eigenvalue weighted by atomic mass is 32.2. The summed E-state index contributed by atoms with van der Waals surface area (Å²) in [7, 11) is 2.97. The number of esters is 4. The molecule has 2 fully saturated rings. The third-order valence-electron chi connectivity index (χ3n) is 5.75. The van der Waals surface area contributed by atoms with Crippen LogP contribution in [0.5, 0.6) is 11.5 Å². The Balaban J connectivity index is 2.05. The summed E-state index contributed by atoms with van der Waals surface area (Å²) in [6.45, 7) is 4.04. The monoisotopic (exact) mass is 611 g/mol. The van der Waals surface area contributed by atoms with E-state index in [2.05, 4.69) is 0 Å². The fourth-order valence-electron chi connectivity index (χ4n) is 4.21. The zero-order chi connectivity index (χ0) is 30.4. The van der Waals surface area contributed by atoms with Gasteiger partial charge in [0.05, 0.1) is 19.1 Å². The van der Waals surface area contributed by atoms with Gasteiger partial charge in [0.15, 0.2) is 40.4 Å². The number of rotatable bonds is 9. The first kappa shape index (κ1) is 31.8. The lowest BCUT2D eigenvalue weighted by atomic mass is 9.96. The number of methoxy groups -OCH3 is 2. The third-order valence-corrected chi connectivity index (χ3v) is 7.08. The largest absolute Gasteiger partial charge is 0.493 e. The van der Waals surface area contributed by atoms with E-state index in [1.54, 1.807) is 24.3 Å². The molecular formula is C26H29NO12S2. The molecule has 0 saturated carbocycles. The van der Waals surface area contributed by atoms with E-state index >= 15 is 0 Å². The second-order valence-electron chi connectivity index (χ2n) is 8.76. The molecule has 0 bridgehead atoms. The van der Waals surface area contributed by atoms with Crippen LogP contribution >= 0.6 is 24.0 Å². The lowest BCUT2D eigenvalue weighted by Crippen LogP contribution is -2.66. The average Bonchev–Trinajstić information content (AvgIpc) is 3.16. The quantitative estimate of drug-likeness (QED) is 0.173. The molecule has 1 aromatic carbocycles. The summed E-state index contributed by atoms with van der Waals surface area (Å²) in [6.07, 6.45) is -5.39. The number of hydrogen-bond donors (Lipinski definition) is 0. The van der Waals surface area contributed by atoms with Crippen LogP contribution < -0.4 is 9.47 Å². The normalized spacial score (nSPS) is 25.0. The Labute approximate surface area is 245 Å². The van der Waals surface area contributed by atoms with E-state index in [0.29, 0.717) is 17.1 Å². The maximum atomic E-state index is 13.7. The van der Waals surface area contributed by atoms with Crippen molar-refractivity contribution in [3.63, 3.8) is 0 Å². The Morgan fingerprint density at radius 2 is 1.49 bits per heavy atom. The summed E-state index contributed by atoms with van der Waals surface area (Å²) < 4.78 is 38.1. The van der Waals surface area contributed by atoms with Gasteiger partial charge in [-0.15, -0.1) is 0 Å². The number of carbonyl (C=O) groups is 5. The van der Waals surface area contributed by atoms with Crippen LogP contribution in [0, 0.1) is 0 Å². The molecule has 15 heteroatoms. The number of nitrogens with zero attached hydrogens (tertiary/aromatic N) is 1. The second-order valence-corrected chi connectivity index (χ2v) is 10.4. The minimum atomic E-state index is -1.47. The average molecular weight is 612 g/mol. The SMILES string of the molecule is COc1ccc(/C=C2/SC(=S)N([C@@H]3O[C@@H](COC(C)=O)[C@H](OC(C)=O)[C@H](OC(C)=O)[C@@H]3OC(C)=O)C2=O)cc1OC. The first-order valence-electron chi connectivity index (χ1n) is 12.2. The van der Waals surface area contributed by atoms with Crippen LogP contribution in [0.4, 0.5) is 0 Å². The van der Waals surface area contributed by atoms with Crippen LogP contribution in [0.25, 0.3) is 6.08 Å². The van der Waals surface area contributed by atoms with E-state index < -0.39 is 67.0 Å². The van der Waals surface area contributed by atoms with Crippen molar-refractivity contribution in [2.75, 3.05) is 20.8 Å². The molecule has 2 aliphatic rings. The summed E-state index contributed by atoms with van der Waals surface area (Å²) in [5.74, 6) is -2.70. The van der Waals surface area contributed by atoms with Gasteiger partial charge in [-0.2, -0.15) is 0 Å². The van der Waals surface area contributed by atoms with Crippen LogP contribution in [0.2, 0.25) is 0 Å². The topological polar surface area (TPSA) is 153 Å². The molecule has 0 unspecified atom stereocenters. The van der Waals surface area contributed by atoms with Crippen molar-refractivity contribution in [2.45, 2.75) is 58.3 Å². The zero-order valence-corrected chi connectivity index (χ0v) is 24.7. The van der Waals surface area contributed by atoms with Crippen LogP contribution in [-0.2, 0) is 47.7 Å². The summed E-state index contributed by atoms with van der Waals surface area (Å²) >= 11 is 6.46. The first-order valence-corrected chi connectivity index (χ1v) is 13.4. The Hall–Kier alpha value is -3.69. The number of carbonyl (C=O) groups excluding carboxylic acids is 5. The van der Waals surface area contributed by atoms with Gasteiger partial charge in [0, 0.05) is 27.7 Å². The summed E-state index contributed by atoms with van der Waals surface area (Å²) in [6, 6.07) is 5.05. The molecule has 0 aromatic heterocycles. The number of thiocarbonyl (C=S) groups is 1. The van der Waals surface area contributed by atoms with Gasteiger partial charge in [0.2, 0.25) is 0 Å². The van der Waals surface area contributed by atoms with Crippen molar-refractivity contribution in [1.29, 1.82) is 0 Å². The van der Waals surface area contributed by atoms with Crippen LogP contribution in [0.1, 0.15) is 33.3 Å². The predicted octanol–water partition coefficient (Wildman–Crippen LogP) is 1.99. The number of benzene rings is 1. The molecule has 1 aromatic rings. The molecule has 41 heavy (non-hydrogen) atoms. The van der Waals surface area contributed by atoms with Crippen LogP contribution in [-0.4, -0.2) is 90.5 Å². The predicted molar refractivity (Wildman–Crippen MR) is 147 cm³/mol. The molecule has 2 heterocycles. The Morgan fingerprint density at radius 1 is 0.902 bits per heavy atom. The van der Waals surface area contributed by atoms with Gasteiger partial charge in [-0.1, -0.05) is 30.0 Å². The molecular weight excluding hydrogens is 582 g/mol. The molecule has 0 N–H and O–H groups in total. The second kappa shape index (κ2) is 13.8. The summed E-state index contributed by atoms with van der Waals surface area (Å²) in [4.78, 5) is 62.7. The lowest BCUT2D eigenvalue weighted by Gasteiger charge is -2.46. The number of hydrogen-bond acceptors (Lipinski definition) is 14. The molecule has 2 saturated heterocycles. The van der Waals surface area contributed by atoms with Crippen molar-refractivity contribution >= 4 is 64.2 Å². The van der Waals surface area contributed by atoms with E-state index in [1.807, 2.05) is 0 Å². The van der Waals surface area contributed by atoms with Gasteiger partial charge in [-0.3, -0.25) is 28.9 Å². The highest BCUT2D eigenvalue weighted by Crippen LogP contribution is 2.40. The third kappa shape index (κ3) is 7.74. The Bertz CT molecular complexity index is 1260. The van der Waals surface area contributed by atoms with Gasteiger partial charge in [-0.05, 0) is 23.8 Å². The van der Waals surface area contributed by atoms with Crippen molar-refractivity contribution in [3.05, 3.63) is 28.7 Å². The lowest BCUT2D eigenvalue weighted by molar-refractivity contribution is -0.268.